The van der Waals surface area contributed by atoms with E-state index in [1.807, 2.05) is 19.1 Å². The predicted molar refractivity (Wildman–Crippen MR) is 111 cm³/mol. The third-order valence-corrected chi connectivity index (χ3v) is 5.05. The number of halogens is 1. The number of nitrogens with zero attached hydrogens (tertiary/aromatic N) is 5. The van der Waals surface area contributed by atoms with E-state index in [1.54, 1.807) is 24.3 Å². The Morgan fingerprint density at radius 2 is 2.03 bits per heavy atom. The van der Waals surface area contributed by atoms with Gasteiger partial charge < -0.3 is 11.2 Å². The molecule has 4 N–H and O–H groups in total. The summed E-state index contributed by atoms with van der Waals surface area (Å²) in [5.41, 5.74) is 2.72. The number of amides is 1. The summed E-state index contributed by atoms with van der Waals surface area (Å²) in [6, 6.07) is 13.1. The van der Waals surface area contributed by atoms with E-state index in [2.05, 4.69) is 30.7 Å². The summed E-state index contributed by atoms with van der Waals surface area (Å²) >= 11 is 1.15. The Morgan fingerprint density at radius 1 is 1.23 bits per heavy atom. The van der Waals surface area contributed by atoms with Gasteiger partial charge in [0.25, 0.3) is 0 Å². The highest BCUT2D eigenvalue weighted by molar-refractivity contribution is 7.99. The fourth-order valence-electron chi connectivity index (χ4n) is 2.69. The molecule has 3 heterocycles. The largest absolute Gasteiger partial charge is 0.335 e. The smallest absolute Gasteiger partial charge is 0.236 e. The Hall–Kier alpha value is -3.73. The van der Waals surface area contributed by atoms with Crippen LogP contribution in [0.3, 0.4) is 0 Å². The minimum Gasteiger partial charge on any atom is -0.335 e. The maximum absolute atomic E-state index is 13.1. The van der Waals surface area contributed by atoms with E-state index in [1.165, 1.54) is 16.8 Å². The summed E-state index contributed by atoms with van der Waals surface area (Å²) < 4.78 is 14.4. The van der Waals surface area contributed by atoms with Crippen molar-refractivity contribution in [3.05, 3.63) is 60.0 Å². The Kier molecular flexibility index (Phi) is 5.44. The van der Waals surface area contributed by atoms with Gasteiger partial charge in [-0.15, -0.1) is 10.2 Å². The number of aromatic nitrogens is 6. The quantitative estimate of drug-likeness (QED) is 0.321. The minimum atomic E-state index is -0.319. The monoisotopic (exact) mass is 424 g/mol. The van der Waals surface area contributed by atoms with Crippen molar-refractivity contribution >= 4 is 23.5 Å². The van der Waals surface area contributed by atoms with Crippen molar-refractivity contribution in [1.82, 2.24) is 30.1 Å². The first kappa shape index (κ1) is 19.6. The second-order valence-corrected chi connectivity index (χ2v) is 7.29. The third-order valence-electron chi connectivity index (χ3n) is 4.11. The summed E-state index contributed by atoms with van der Waals surface area (Å²) in [5.74, 6) is 6.48. The molecule has 1 amide bonds. The molecule has 0 radical (unpaired) electrons. The number of anilines is 1. The highest BCUT2D eigenvalue weighted by atomic mass is 32.2. The Morgan fingerprint density at radius 3 is 2.80 bits per heavy atom. The molecule has 0 bridgehead atoms. The van der Waals surface area contributed by atoms with Crippen LogP contribution in [0.15, 0.2) is 53.7 Å². The average molecular weight is 424 g/mol. The van der Waals surface area contributed by atoms with E-state index in [-0.39, 0.29) is 17.5 Å². The van der Waals surface area contributed by atoms with Gasteiger partial charge in [-0.05, 0) is 49.4 Å². The van der Waals surface area contributed by atoms with Crippen molar-refractivity contribution in [1.29, 1.82) is 0 Å². The molecule has 0 atom stereocenters. The van der Waals surface area contributed by atoms with Gasteiger partial charge in [-0.3, -0.25) is 9.89 Å². The van der Waals surface area contributed by atoms with E-state index < -0.39 is 0 Å². The lowest BCUT2D eigenvalue weighted by Gasteiger charge is -2.05. The molecule has 4 aromatic rings. The zero-order chi connectivity index (χ0) is 21.1. The van der Waals surface area contributed by atoms with Crippen LogP contribution >= 0.6 is 11.8 Å². The van der Waals surface area contributed by atoms with Crippen LogP contribution in [0.5, 0.6) is 0 Å². The molecule has 0 fully saturated rings. The molecule has 3 aromatic heterocycles. The van der Waals surface area contributed by atoms with Gasteiger partial charge in [0, 0.05) is 11.3 Å². The summed E-state index contributed by atoms with van der Waals surface area (Å²) in [5, 5.41) is 18.3. The Labute approximate surface area is 174 Å². The van der Waals surface area contributed by atoms with Gasteiger partial charge in [-0.1, -0.05) is 17.8 Å². The van der Waals surface area contributed by atoms with E-state index in [0.29, 0.717) is 28.2 Å². The molecule has 0 aliphatic rings. The SMILES string of the molecule is Cc1cccc(NC(=O)CSc2nnc(-c3cc(-c4ccc(F)cc4)n[nH]3)n2N)n1. The molecule has 0 saturated heterocycles. The number of H-pyrrole nitrogens is 1. The lowest BCUT2D eigenvalue weighted by atomic mass is 10.1. The topological polar surface area (TPSA) is 127 Å². The van der Waals surface area contributed by atoms with Gasteiger partial charge in [0.2, 0.25) is 16.9 Å². The molecule has 11 heteroatoms. The summed E-state index contributed by atoms with van der Waals surface area (Å²) in [6.45, 7) is 1.85. The van der Waals surface area contributed by atoms with E-state index in [4.69, 9.17) is 5.84 Å². The van der Waals surface area contributed by atoms with Crippen LogP contribution in [0.1, 0.15) is 5.69 Å². The molecule has 152 valence electrons. The molecular formula is C19H17FN8OS. The molecule has 0 saturated carbocycles. The van der Waals surface area contributed by atoms with Crippen molar-refractivity contribution in [3.8, 4) is 22.8 Å². The van der Waals surface area contributed by atoms with Crippen LogP contribution in [-0.2, 0) is 4.79 Å². The third kappa shape index (κ3) is 4.30. The van der Waals surface area contributed by atoms with Gasteiger partial charge in [0.05, 0.1) is 11.4 Å². The maximum atomic E-state index is 13.1. The lowest BCUT2D eigenvalue weighted by molar-refractivity contribution is -0.113. The number of rotatable bonds is 6. The van der Waals surface area contributed by atoms with Crippen molar-refractivity contribution in [2.45, 2.75) is 12.1 Å². The van der Waals surface area contributed by atoms with Crippen molar-refractivity contribution < 1.29 is 9.18 Å². The zero-order valence-corrected chi connectivity index (χ0v) is 16.7. The number of nitrogens with two attached hydrogens (primary N) is 1. The Bertz CT molecular complexity index is 1190. The molecule has 9 nitrogen and oxygen atoms in total. The number of carbonyl (C=O) groups is 1. The van der Waals surface area contributed by atoms with Crippen molar-refractivity contribution in [3.63, 3.8) is 0 Å². The first-order valence-electron chi connectivity index (χ1n) is 8.88. The molecule has 0 unspecified atom stereocenters. The second-order valence-electron chi connectivity index (χ2n) is 6.35. The normalized spacial score (nSPS) is 10.9. The van der Waals surface area contributed by atoms with Crippen LogP contribution in [-0.4, -0.2) is 41.7 Å². The molecule has 4 rings (SSSR count). The van der Waals surface area contributed by atoms with Crippen LogP contribution < -0.4 is 11.2 Å². The lowest BCUT2D eigenvalue weighted by Crippen LogP contribution is -2.17. The number of aromatic amines is 1. The zero-order valence-electron chi connectivity index (χ0n) is 15.8. The van der Waals surface area contributed by atoms with Gasteiger partial charge in [0.15, 0.2) is 0 Å². The fourth-order valence-corrected chi connectivity index (χ4v) is 3.34. The first-order chi connectivity index (χ1) is 14.5. The maximum Gasteiger partial charge on any atom is 0.236 e. The first-order valence-corrected chi connectivity index (χ1v) is 9.86. The minimum absolute atomic E-state index is 0.0920. The highest BCUT2D eigenvalue weighted by Crippen LogP contribution is 2.24. The van der Waals surface area contributed by atoms with E-state index in [9.17, 15) is 9.18 Å². The van der Waals surface area contributed by atoms with Crippen LogP contribution in [0.4, 0.5) is 10.2 Å². The number of benzene rings is 1. The Balaban J connectivity index is 1.42. The van der Waals surface area contributed by atoms with Gasteiger partial charge in [0.1, 0.15) is 17.3 Å². The number of hydrogen-bond donors (Lipinski definition) is 3. The second kappa shape index (κ2) is 8.33. The number of pyridine rings is 1. The number of hydrogen-bond acceptors (Lipinski definition) is 7. The average Bonchev–Trinajstić information content (AvgIpc) is 3.34. The summed E-state index contributed by atoms with van der Waals surface area (Å²) in [6.07, 6.45) is 0. The molecule has 0 aliphatic heterocycles. The predicted octanol–water partition coefficient (Wildman–Crippen LogP) is 2.62. The van der Waals surface area contributed by atoms with Gasteiger partial charge in [-0.25, -0.2) is 14.1 Å². The van der Waals surface area contributed by atoms with Crippen LogP contribution in [0.2, 0.25) is 0 Å². The number of aryl methyl sites for hydroxylation is 1. The molecular weight excluding hydrogens is 407 g/mol. The molecule has 30 heavy (non-hydrogen) atoms. The van der Waals surface area contributed by atoms with E-state index in [0.717, 1.165) is 23.0 Å². The molecule has 0 aliphatic carbocycles. The fraction of sp³-hybridized carbons (Fsp3) is 0.105. The molecule has 1 aromatic carbocycles. The number of nitrogens with one attached hydrogen (secondary N) is 2. The van der Waals surface area contributed by atoms with Crippen LogP contribution in [0.25, 0.3) is 22.8 Å². The molecule has 0 spiro atoms. The van der Waals surface area contributed by atoms with Gasteiger partial charge >= 0.3 is 0 Å². The number of thioether (sulfide) groups is 1. The van der Waals surface area contributed by atoms with Crippen LogP contribution in [0, 0.1) is 12.7 Å². The standard InChI is InChI=1S/C19H17FN8OS/c1-11-3-2-4-16(22-11)23-17(29)10-30-19-27-26-18(28(19)21)15-9-14(24-25-15)12-5-7-13(20)8-6-12/h2-9H,10,21H2,1H3,(H,24,25)(H,22,23,29). The number of carbonyl (C=O) groups excluding carboxylic acids is 1. The van der Waals surface area contributed by atoms with E-state index >= 15 is 0 Å². The summed E-state index contributed by atoms with van der Waals surface area (Å²) in [4.78, 5) is 16.4. The van der Waals surface area contributed by atoms with Crippen molar-refractivity contribution in [2.24, 2.45) is 0 Å². The summed E-state index contributed by atoms with van der Waals surface area (Å²) in [7, 11) is 0. The van der Waals surface area contributed by atoms with Gasteiger partial charge in [-0.2, -0.15) is 5.10 Å². The number of nitrogen functional groups attached to an aromatic ring is 1. The van der Waals surface area contributed by atoms with Crippen molar-refractivity contribution in [2.75, 3.05) is 16.9 Å². The highest BCUT2D eigenvalue weighted by Gasteiger charge is 2.16.